The molecule has 0 aliphatic rings. The zero-order valence-corrected chi connectivity index (χ0v) is 17.0. The molecule has 1 heterocycles. The van der Waals surface area contributed by atoms with Crippen LogP contribution in [0.5, 0.6) is 0 Å². The minimum atomic E-state index is -4.88. The molecule has 0 radical (unpaired) electrons. The van der Waals surface area contributed by atoms with Crippen molar-refractivity contribution >= 4 is 15.8 Å². The maximum absolute atomic E-state index is 14.0. The summed E-state index contributed by atoms with van der Waals surface area (Å²) in [5, 5.41) is 3.90. The largest absolute Gasteiger partial charge is 0.437 e. The monoisotopic (exact) mass is 438 g/mol. The summed E-state index contributed by atoms with van der Waals surface area (Å²) in [5.74, 6) is -0.974. The summed E-state index contributed by atoms with van der Waals surface area (Å²) in [5.41, 5.74) is -0.567. The topological polar surface area (TPSA) is 78.3 Å². The van der Waals surface area contributed by atoms with Crippen molar-refractivity contribution in [2.45, 2.75) is 24.9 Å². The number of aryl methyl sites for hydroxylation is 1. The zero-order valence-electron chi connectivity index (χ0n) is 16.2. The Morgan fingerprint density at radius 3 is 2.17 bits per heavy atom. The second kappa shape index (κ2) is 7.60. The van der Waals surface area contributed by atoms with Gasteiger partial charge in [0, 0.05) is 24.3 Å². The molecule has 30 heavy (non-hydrogen) atoms. The van der Waals surface area contributed by atoms with Gasteiger partial charge in [-0.05, 0) is 30.2 Å². The van der Waals surface area contributed by atoms with E-state index in [1.807, 2.05) is 0 Å². The Morgan fingerprint density at radius 1 is 1.07 bits per heavy atom. The summed E-state index contributed by atoms with van der Waals surface area (Å²) < 4.78 is 65.4. The lowest BCUT2D eigenvalue weighted by Crippen LogP contribution is -2.24. The van der Waals surface area contributed by atoms with Crippen LogP contribution in [0.25, 0.3) is 22.4 Å². The first-order chi connectivity index (χ1) is 13.9. The van der Waals surface area contributed by atoms with Crippen molar-refractivity contribution in [2.24, 2.45) is 0 Å². The summed E-state index contributed by atoms with van der Waals surface area (Å²) in [7, 11) is -3.49. The molecule has 0 saturated carbocycles. The molecule has 1 aromatic heterocycles. The van der Waals surface area contributed by atoms with E-state index in [0.29, 0.717) is 5.56 Å². The number of aromatic nitrogens is 2. The van der Waals surface area contributed by atoms with Crippen LogP contribution in [0.4, 0.5) is 13.2 Å². The van der Waals surface area contributed by atoms with Crippen molar-refractivity contribution in [3.8, 4) is 22.4 Å². The highest BCUT2D eigenvalue weighted by molar-refractivity contribution is 7.90. The molecule has 0 N–H and O–H groups in total. The van der Waals surface area contributed by atoms with Crippen molar-refractivity contribution in [2.75, 3.05) is 6.26 Å². The normalized spacial score (nSPS) is 12.1. The van der Waals surface area contributed by atoms with Crippen molar-refractivity contribution in [3.63, 3.8) is 0 Å². The number of sulfone groups is 1. The van der Waals surface area contributed by atoms with Crippen LogP contribution in [-0.4, -0.2) is 30.6 Å². The van der Waals surface area contributed by atoms with Crippen LogP contribution in [0.2, 0.25) is 0 Å². The van der Waals surface area contributed by atoms with E-state index in [-0.39, 0.29) is 32.1 Å². The number of halogens is 3. The van der Waals surface area contributed by atoms with Crippen LogP contribution in [0.3, 0.4) is 0 Å². The summed E-state index contributed by atoms with van der Waals surface area (Å²) in [6.07, 6.45) is -3.86. The van der Waals surface area contributed by atoms with Gasteiger partial charge in [-0.1, -0.05) is 41.2 Å². The van der Waals surface area contributed by atoms with Gasteiger partial charge in [0.25, 0.3) is 0 Å². The third kappa shape index (κ3) is 4.23. The van der Waals surface area contributed by atoms with Crippen molar-refractivity contribution in [1.82, 2.24) is 9.94 Å². The average Bonchev–Trinajstić information content (AvgIpc) is 3.00. The molecular weight excluding hydrogens is 421 g/mol. The number of carbonyl (C=O) groups excluding carboxylic acids is 1. The summed E-state index contributed by atoms with van der Waals surface area (Å²) in [4.78, 5) is 16.3. The van der Waals surface area contributed by atoms with E-state index in [1.165, 1.54) is 30.3 Å². The fourth-order valence-electron chi connectivity index (χ4n) is 3.01. The minimum Gasteiger partial charge on any atom is -0.319 e. The summed E-state index contributed by atoms with van der Waals surface area (Å²) in [6, 6.07) is 11.7. The molecule has 6 nitrogen and oxygen atoms in total. The van der Waals surface area contributed by atoms with E-state index in [4.69, 9.17) is 4.84 Å². The molecule has 0 fully saturated rings. The van der Waals surface area contributed by atoms with Crippen molar-refractivity contribution in [1.29, 1.82) is 0 Å². The molecular formula is C20H17F3N2O4S. The molecule has 3 rings (SSSR count). The van der Waals surface area contributed by atoms with Crippen LogP contribution in [-0.2, 0) is 20.8 Å². The standard InChI is InChI=1S/C20H17F3N2O4S/c1-12-6-4-5-7-16(12)17-18(14-8-10-15(11-9-14)30(3,27)28)24-25(29-13(2)26)19(17)20(21,22)23/h4-11H,1-3H3. The van der Waals surface area contributed by atoms with Gasteiger partial charge in [-0.15, -0.1) is 5.10 Å². The summed E-state index contributed by atoms with van der Waals surface area (Å²) in [6.45, 7) is 2.62. The maximum atomic E-state index is 14.0. The first-order valence-corrected chi connectivity index (χ1v) is 10.5. The SMILES string of the molecule is CC(=O)On1nc(-c2ccc(S(C)(=O)=O)cc2)c(-c2ccccc2C)c1C(F)(F)F. The van der Waals surface area contributed by atoms with Crippen molar-refractivity contribution in [3.05, 3.63) is 59.8 Å². The van der Waals surface area contributed by atoms with E-state index in [1.54, 1.807) is 25.1 Å². The zero-order chi connectivity index (χ0) is 22.3. The second-order valence-electron chi connectivity index (χ2n) is 6.64. The fraction of sp³-hybridized carbons (Fsp3) is 0.200. The Balaban J connectivity index is 2.36. The molecule has 0 bridgehead atoms. The quantitative estimate of drug-likeness (QED) is 0.617. The fourth-order valence-corrected chi connectivity index (χ4v) is 3.64. The molecule has 0 unspecified atom stereocenters. The molecule has 3 aromatic rings. The number of hydrogen-bond donors (Lipinski definition) is 0. The highest BCUT2D eigenvalue weighted by Crippen LogP contribution is 2.43. The highest BCUT2D eigenvalue weighted by atomic mass is 32.2. The number of rotatable bonds is 4. The average molecular weight is 438 g/mol. The van der Waals surface area contributed by atoms with Gasteiger partial charge in [-0.25, -0.2) is 13.2 Å². The number of carbonyl (C=O) groups is 1. The molecule has 0 atom stereocenters. The van der Waals surface area contributed by atoms with Gasteiger partial charge < -0.3 is 4.84 Å². The van der Waals surface area contributed by atoms with Gasteiger partial charge >= 0.3 is 12.1 Å². The third-order valence-electron chi connectivity index (χ3n) is 4.31. The van der Waals surface area contributed by atoms with Gasteiger partial charge in [0.1, 0.15) is 5.69 Å². The van der Waals surface area contributed by atoms with E-state index in [9.17, 15) is 26.4 Å². The predicted molar refractivity (Wildman–Crippen MR) is 103 cm³/mol. The van der Waals surface area contributed by atoms with Crippen LogP contribution in [0.1, 0.15) is 18.2 Å². The highest BCUT2D eigenvalue weighted by Gasteiger charge is 2.42. The van der Waals surface area contributed by atoms with Gasteiger partial charge in [0.2, 0.25) is 0 Å². The van der Waals surface area contributed by atoms with Crippen molar-refractivity contribution < 1.29 is 31.2 Å². The molecule has 0 aliphatic carbocycles. The van der Waals surface area contributed by atoms with Gasteiger partial charge in [0.05, 0.1) is 4.90 Å². The first kappa shape index (κ1) is 21.6. The van der Waals surface area contributed by atoms with Gasteiger partial charge in [-0.3, -0.25) is 0 Å². The molecule has 158 valence electrons. The Labute approximate surface area is 170 Å². The van der Waals surface area contributed by atoms with E-state index in [0.717, 1.165) is 13.2 Å². The number of alkyl halides is 3. The van der Waals surface area contributed by atoms with Crippen LogP contribution in [0, 0.1) is 6.92 Å². The van der Waals surface area contributed by atoms with E-state index >= 15 is 0 Å². The Bertz CT molecular complexity index is 1210. The van der Waals surface area contributed by atoms with E-state index < -0.39 is 27.7 Å². The molecule has 10 heteroatoms. The van der Waals surface area contributed by atoms with E-state index in [2.05, 4.69) is 5.10 Å². The Morgan fingerprint density at radius 2 is 1.67 bits per heavy atom. The predicted octanol–water partition coefficient (Wildman–Crippen LogP) is 3.92. The number of hydrogen-bond acceptors (Lipinski definition) is 5. The van der Waals surface area contributed by atoms with Gasteiger partial charge in [0.15, 0.2) is 15.5 Å². The first-order valence-electron chi connectivity index (χ1n) is 8.65. The second-order valence-corrected chi connectivity index (χ2v) is 8.65. The van der Waals surface area contributed by atoms with Crippen LogP contribution < -0.4 is 4.84 Å². The van der Waals surface area contributed by atoms with Crippen LogP contribution in [0.15, 0.2) is 53.4 Å². The molecule has 2 aromatic carbocycles. The lowest BCUT2D eigenvalue weighted by atomic mass is 9.95. The van der Waals surface area contributed by atoms with Gasteiger partial charge in [-0.2, -0.15) is 13.2 Å². The molecule has 0 spiro atoms. The third-order valence-corrected chi connectivity index (χ3v) is 5.44. The smallest absolute Gasteiger partial charge is 0.319 e. The Hall–Kier alpha value is -3.14. The minimum absolute atomic E-state index is 0.0131. The lowest BCUT2D eigenvalue weighted by molar-refractivity contribution is -0.161. The number of nitrogens with zero attached hydrogens (tertiary/aromatic N) is 2. The molecule has 0 amide bonds. The Kier molecular flexibility index (Phi) is 5.46. The van der Waals surface area contributed by atoms with Crippen LogP contribution >= 0.6 is 0 Å². The lowest BCUT2D eigenvalue weighted by Gasteiger charge is -2.13. The molecule has 0 aliphatic heterocycles. The number of benzene rings is 2. The summed E-state index contributed by atoms with van der Waals surface area (Å²) >= 11 is 0. The molecule has 0 saturated heterocycles. The maximum Gasteiger partial charge on any atom is 0.437 e.